The highest BCUT2D eigenvalue weighted by atomic mass is 16.6. The Labute approximate surface area is 390 Å². The van der Waals surface area contributed by atoms with Crippen molar-refractivity contribution in [3.63, 3.8) is 0 Å². The van der Waals surface area contributed by atoms with Gasteiger partial charge in [-0.05, 0) is 83.5 Å². The van der Waals surface area contributed by atoms with Gasteiger partial charge >= 0.3 is 17.9 Å². The molecule has 6 nitrogen and oxygen atoms in total. The maximum atomic E-state index is 12.8. The van der Waals surface area contributed by atoms with Crippen LogP contribution in [-0.2, 0) is 28.6 Å². The molecule has 1 unspecified atom stereocenters. The van der Waals surface area contributed by atoms with Crippen molar-refractivity contribution in [3.8, 4) is 0 Å². The van der Waals surface area contributed by atoms with Gasteiger partial charge in [0.2, 0.25) is 0 Å². The molecule has 0 fully saturated rings. The van der Waals surface area contributed by atoms with Crippen LogP contribution in [0.2, 0.25) is 0 Å². The van der Waals surface area contributed by atoms with E-state index in [0.717, 1.165) is 96.3 Å². The summed E-state index contributed by atoms with van der Waals surface area (Å²) >= 11 is 0. The molecule has 6 heteroatoms. The van der Waals surface area contributed by atoms with Crippen LogP contribution in [0.25, 0.3) is 0 Å². The van der Waals surface area contributed by atoms with E-state index in [1.165, 1.54) is 128 Å². The standard InChI is InChI=1S/C57H100O6/c1-4-7-10-13-16-19-22-24-25-26-27-28-29-30-31-32-33-34-36-38-41-44-47-50-56(59)62-53-54(52-61-55(58)49-46-43-40-37-21-18-15-12-9-6-3)63-57(60)51-48-45-42-39-35-23-20-17-14-11-8-5-2/h7,10,16-17,19-20,24-25,27-28,54H,4-6,8-9,11-15,18,21-23,26,29-53H2,1-3H3/b10-7-,19-16-,20-17-,25-24-,28-27-. The van der Waals surface area contributed by atoms with Gasteiger partial charge in [0.1, 0.15) is 13.2 Å². The van der Waals surface area contributed by atoms with E-state index in [9.17, 15) is 14.4 Å². The lowest BCUT2D eigenvalue weighted by Gasteiger charge is -2.18. The van der Waals surface area contributed by atoms with E-state index in [4.69, 9.17) is 14.2 Å². The first-order chi connectivity index (χ1) is 31.0. The van der Waals surface area contributed by atoms with E-state index in [2.05, 4.69) is 81.5 Å². The van der Waals surface area contributed by atoms with Gasteiger partial charge in [-0.2, -0.15) is 0 Å². The number of ether oxygens (including phenoxy) is 3. The molecule has 0 aliphatic rings. The summed E-state index contributed by atoms with van der Waals surface area (Å²) in [4.78, 5) is 37.9. The highest BCUT2D eigenvalue weighted by molar-refractivity contribution is 5.71. The molecule has 63 heavy (non-hydrogen) atoms. The summed E-state index contributed by atoms with van der Waals surface area (Å²) in [6.45, 7) is 6.49. The van der Waals surface area contributed by atoms with E-state index in [-0.39, 0.29) is 31.1 Å². The number of hydrogen-bond donors (Lipinski definition) is 0. The summed E-state index contributed by atoms with van der Waals surface area (Å²) in [6, 6.07) is 0. The average Bonchev–Trinajstić information content (AvgIpc) is 3.28. The molecular weight excluding hydrogens is 781 g/mol. The molecule has 0 heterocycles. The summed E-state index contributed by atoms with van der Waals surface area (Å²) in [7, 11) is 0. The van der Waals surface area contributed by atoms with Crippen molar-refractivity contribution in [2.45, 2.75) is 271 Å². The molecule has 0 aromatic heterocycles. The van der Waals surface area contributed by atoms with Crippen molar-refractivity contribution in [1.29, 1.82) is 0 Å². The fourth-order valence-corrected chi connectivity index (χ4v) is 7.49. The number of hydrogen-bond acceptors (Lipinski definition) is 6. The topological polar surface area (TPSA) is 78.9 Å². The van der Waals surface area contributed by atoms with E-state index >= 15 is 0 Å². The minimum absolute atomic E-state index is 0.0765. The highest BCUT2D eigenvalue weighted by Gasteiger charge is 2.19. The predicted octanol–water partition coefficient (Wildman–Crippen LogP) is 17.6. The summed E-state index contributed by atoms with van der Waals surface area (Å²) < 4.78 is 16.8. The highest BCUT2D eigenvalue weighted by Crippen LogP contribution is 2.15. The van der Waals surface area contributed by atoms with Crippen molar-refractivity contribution in [3.05, 3.63) is 60.8 Å². The zero-order valence-electron chi connectivity index (χ0n) is 41.6. The first-order valence-corrected chi connectivity index (χ1v) is 26.8. The zero-order valence-corrected chi connectivity index (χ0v) is 41.6. The Kier molecular flexibility index (Phi) is 49.4. The van der Waals surface area contributed by atoms with Gasteiger partial charge in [0, 0.05) is 19.3 Å². The Bertz CT molecular complexity index is 1150. The number of carbonyl (C=O) groups excluding carboxylic acids is 3. The third kappa shape index (κ3) is 50.0. The van der Waals surface area contributed by atoms with Gasteiger partial charge in [-0.3, -0.25) is 14.4 Å². The Morgan fingerprint density at radius 1 is 0.333 bits per heavy atom. The van der Waals surface area contributed by atoms with Crippen molar-refractivity contribution in [1.82, 2.24) is 0 Å². The van der Waals surface area contributed by atoms with E-state index in [1.54, 1.807) is 0 Å². The summed E-state index contributed by atoms with van der Waals surface area (Å²) in [5.41, 5.74) is 0. The Morgan fingerprint density at radius 2 is 0.619 bits per heavy atom. The van der Waals surface area contributed by atoms with Crippen molar-refractivity contribution >= 4 is 17.9 Å². The van der Waals surface area contributed by atoms with Gasteiger partial charge < -0.3 is 14.2 Å². The Morgan fingerprint density at radius 3 is 1.02 bits per heavy atom. The van der Waals surface area contributed by atoms with Crippen molar-refractivity contribution < 1.29 is 28.6 Å². The number of allylic oxidation sites excluding steroid dienone is 10. The fraction of sp³-hybridized carbons (Fsp3) is 0.772. The first-order valence-electron chi connectivity index (χ1n) is 26.8. The maximum absolute atomic E-state index is 12.8. The van der Waals surface area contributed by atoms with Crippen LogP contribution in [0.3, 0.4) is 0 Å². The molecule has 0 radical (unpaired) electrons. The zero-order chi connectivity index (χ0) is 45.8. The molecule has 0 saturated heterocycles. The third-order valence-corrected chi connectivity index (χ3v) is 11.5. The van der Waals surface area contributed by atoms with Gasteiger partial charge in [-0.25, -0.2) is 0 Å². The number of rotatable bonds is 48. The smallest absolute Gasteiger partial charge is 0.306 e. The largest absolute Gasteiger partial charge is 0.462 e. The van der Waals surface area contributed by atoms with Crippen molar-refractivity contribution in [2.75, 3.05) is 13.2 Å². The number of unbranched alkanes of at least 4 members (excludes halogenated alkanes) is 27. The average molecular weight is 881 g/mol. The van der Waals surface area contributed by atoms with Gasteiger partial charge in [0.15, 0.2) is 6.10 Å². The fourth-order valence-electron chi connectivity index (χ4n) is 7.49. The van der Waals surface area contributed by atoms with E-state index in [1.807, 2.05) is 0 Å². The third-order valence-electron chi connectivity index (χ3n) is 11.5. The Hall–Kier alpha value is -2.89. The molecule has 0 aromatic rings. The van der Waals surface area contributed by atoms with Gasteiger partial charge in [-0.1, -0.05) is 223 Å². The molecule has 0 N–H and O–H groups in total. The normalized spacial score (nSPS) is 12.5. The molecule has 0 rings (SSSR count). The van der Waals surface area contributed by atoms with Crippen LogP contribution in [0, 0.1) is 0 Å². The van der Waals surface area contributed by atoms with Crippen LogP contribution in [0.15, 0.2) is 60.8 Å². The molecule has 0 bridgehead atoms. The Balaban J connectivity index is 4.25. The summed E-state index contributed by atoms with van der Waals surface area (Å²) in [5.74, 6) is -0.886. The first kappa shape index (κ1) is 60.1. The molecule has 0 spiro atoms. The van der Waals surface area contributed by atoms with Gasteiger partial charge in [0.05, 0.1) is 0 Å². The number of carbonyl (C=O) groups is 3. The molecule has 0 aliphatic carbocycles. The maximum Gasteiger partial charge on any atom is 0.306 e. The van der Waals surface area contributed by atoms with E-state index in [0.29, 0.717) is 19.3 Å². The van der Waals surface area contributed by atoms with Crippen LogP contribution in [-0.4, -0.2) is 37.2 Å². The number of esters is 3. The molecular formula is C57H100O6. The molecule has 1 atom stereocenters. The van der Waals surface area contributed by atoms with Crippen LogP contribution >= 0.6 is 0 Å². The monoisotopic (exact) mass is 881 g/mol. The lowest BCUT2D eigenvalue weighted by Crippen LogP contribution is -2.30. The van der Waals surface area contributed by atoms with Crippen LogP contribution in [0.1, 0.15) is 265 Å². The predicted molar refractivity (Wildman–Crippen MR) is 270 cm³/mol. The second-order valence-corrected chi connectivity index (χ2v) is 17.8. The molecule has 0 amide bonds. The van der Waals surface area contributed by atoms with Crippen LogP contribution in [0.5, 0.6) is 0 Å². The lowest BCUT2D eigenvalue weighted by atomic mass is 10.1. The second kappa shape index (κ2) is 51.7. The summed E-state index contributed by atoms with van der Waals surface area (Å²) in [5, 5.41) is 0. The van der Waals surface area contributed by atoms with Crippen LogP contribution in [0.4, 0.5) is 0 Å². The molecule has 364 valence electrons. The second-order valence-electron chi connectivity index (χ2n) is 17.8. The summed E-state index contributed by atoms with van der Waals surface area (Å²) in [6.07, 6.45) is 63.5. The lowest BCUT2D eigenvalue weighted by molar-refractivity contribution is -0.167. The van der Waals surface area contributed by atoms with Gasteiger partial charge in [0.25, 0.3) is 0 Å². The van der Waals surface area contributed by atoms with Gasteiger partial charge in [-0.15, -0.1) is 0 Å². The minimum Gasteiger partial charge on any atom is -0.462 e. The van der Waals surface area contributed by atoms with Crippen molar-refractivity contribution in [2.24, 2.45) is 0 Å². The molecule has 0 saturated carbocycles. The van der Waals surface area contributed by atoms with E-state index < -0.39 is 6.10 Å². The SMILES string of the molecule is CC/C=C\C/C=C\C/C=C\C/C=C\CCCCCCCCCCCCC(=O)OCC(COC(=O)CCCCCCCCCCCC)OC(=O)CCCCCCC/C=C\CCCCC. The minimum atomic E-state index is -0.776. The molecule has 0 aromatic carbocycles. The molecule has 0 aliphatic heterocycles. The quantitative estimate of drug-likeness (QED) is 0.0262. The van der Waals surface area contributed by atoms with Crippen LogP contribution < -0.4 is 0 Å².